The van der Waals surface area contributed by atoms with Crippen molar-refractivity contribution >= 4 is 28.9 Å². The maximum atomic E-state index is 13.6. The zero-order chi connectivity index (χ0) is 21.3. The molecule has 156 valence electrons. The number of carbonyl (C=O) groups excluding carboxylic acids is 2. The van der Waals surface area contributed by atoms with Crippen LogP contribution in [0.15, 0.2) is 54.6 Å². The molecule has 0 saturated heterocycles. The van der Waals surface area contributed by atoms with Crippen LogP contribution in [0.2, 0.25) is 0 Å². The minimum atomic E-state index is -0.883. The van der Waals surface area contributed by atoms with E-state index in [4.69, 9.17) is 9.72 Å². The third-order valence-electron chi connectivity index (χ3n) is 5.68. The van der Waals surface area contributed by atoms with Gasteiger partial charge >= 0.3 is 5.97 Å². The van der Waals surface area contributed by atoms with Gasteiger partial charge in [0.1, 0.15) is 0 Å². The maximum absolute atomic E-state index is 13.6. The molecule has 0 bridgehead atoms. The van der Waals surface area contributed by atoms with E-state index in [1.54, 1.807) is 11.8 Å². The van der Waals surface area contributed by atoms with Gasteiger partial charge in [0.2, 0.25) is 11.9 Å². The number of amides is 1. The van der Waals surface area contributed by atoms with E-state index < -0.39 is 11.9 Å². The Bertz CT molecular complexity index is 1060. The number of para-hydroxylation sites is 2. The average Bonchev–Trinajstić information content (AvgIpc) is 3.12. The highest BCUT2D eigenvalue weighted by Gasteiger charge is 2.48. The molecule has 2 atom stereocenters. The molecule has 0 N–H and O–H groups in total. The summed E-state index contributed by atoms with van der Waals surface area (Å²) in [6.45, 7) is 6.52. The number of hydrogen-bond acceptors (Lipinski definition) is 4. The lowest BCUT2D eigenvalue weighted by atomic mass is 9.87. The van der Waals surface area contributed by atoms with Crippen molar-refractivity contribution < 1.29 is 14.3 Å². The van der Waals surface area contributed by atoms with E-state index in [1.165, 1.54) is 0 Å². The number of fused-ring (bicyclic) bond motifs is 3. The Morgan fingerprint density at radius 2 is 1.80 bits per heavy atom. The van der Waals surface area contributed by atoms with Gasteiger partial charge in [-0.05, 0) is 37.0 Å². The first-order chi connectivity index (χ1) is 14.5. The molecule has 1 aliphatic heterocycles. The number of carbonyl (C=O) groups is 2. The number of nitrogens with zero attached hydrogens (tertiary/aromatic N) is 3. The molecule has 6 heteroatoms. The number of rotatable bonds is 6. The molecule has 1 aromatic heterocycles. The normalized spacial score (nSPS) is 18.7. The molecule has 4 rings (SSSR count). The third kappa shape index (κ3) is 3.47. The van der Waals surface area contributed by atoms with Gasteiger partial charge in [-0.3, -0.25) is 14.5 Å². The van der Waals surface area contributed by atoms with E-state index in [-0.39, 0.29) is 24.5 Å². The first kappa shape index (κ1) is 20.1. The summed E-state index contributed by atoms with van der Waals surface area (Å²) in [5.74, 6) is -0.918. The van der Waals surface area contributed by atoms with Crippen LogP contribution in [0.4, 0.5) is 5.95 Å². The quantitative estimate of drug-likeness (QED) is 0.459. The Hall–Kier alpha value is -3.15. The molecule has 3 aromatic rings. The van der Waals surface area contributed by atoms with Crippen LogP contribution < -0.4 is 4.90 Å². The van der Waals surface area contributed by atoms with Gasteiger partial charge in [0.15, 0.2) is 5.92 Å². The van der Waals surface area contributed by atoms with Gasteiger partial charge in [0.25, 0.3) is 0 Å². The molecule has 0 radical (unpaired) electrons. The smallest absolute Gasteiger partial charge is 0.320 e. The number of esters is 1. The van der Waals surface area contributed by atoms with Crippen LogP contribution >= 0.6 is 0 Å². The molecular weight excluding hydrogens is 378 g/mol. The van der Waals surface area contributed by atoms with Gasteiger partial charge in [-0.2, -0.15) is 0 Å². The number of ether oxygens (including phenoxy) is 1. The van der Waals surface area contributed by atoms with Gasteiger partial charge in [0.05, 0.1) is 23.7 Å². The van der Waals surface area contributed by atoms with Gasteiger partial charge in [-0.25, -0.2) is 4.98 Å². The molecule has 1 aliphatic rings. The Kier molecular flexibility index (Phi) is 5.57. The zero-order valence-corrected chi connectivity index (χ0v) is 17.6. The summed E-state index contributed by atoms with van der Waals surface area (Å²) in [7, 11) is 0. The van der Waals surface area contributed by atoms with Gasteiger partial charge in [0, 0.05) is 6.54 Å². The van der Waals surface area contributed by atoms with Crippen molar-refractivity contribution in [1.82, 2.24) is 9.55 Å². The highest BCUT2D eigenvalue weighted by molar-refractivity contribution is 6.08. The van der Waals surface area contributed by atoms with Crippen molar-refractivity contribution in [3.8, 4) is 0 Å². The van der Waals surface area contributed by atoms with Crippen LogP contribution in [0.3, 0.4) is 0 Å². The Morgan fingerprint density at radius 1 is 1.10 bits per heavy atom. The van der Waals surface area contributed by atoms with E-state index in [0.717, 1.165) is 16.6 Å². The molecular formula is C24H27N3O3. The van der Waals surface area contributed by atoms with Crippen LogP contribution in [0.1, 0.15) is 32.4 Å². The van der Waals surface area contributed by atoms with Crippen LogP contribution in [-0.4, -0.2) is 34.6 Å². The maximum Gasteiger partial charge on any atom is 0.320 e. The highest BCUT2D eigenvalue weighted by Crippen LogP contribution is 2.41. The standard InChI is InChI=1S/C24H27N3O3/c1-4-30-23(29)20-21(16(2)3)27-19-13-9-8-12-18(19)25-24(27)26(22(20)28)15-14-17-10-6-5-7-11-17/h5-13,16,20-21H,4,14-15H2,1-3H3. The predicted molar refractivity (Wildman–Crippen MR) is 116 cm³/mol. The van der Waals surface area contributed by atoms with E-state index in [0.29, 0.717) is 18.9 Å². The summed E-state index contributed by atoms with van der Waals surface area (Å²) in [4.78, 5) is 32.9. The summed E-state index contributed by atoms with van der Waals surface area (Å²) in [5, 5.41) is 0. The molecule has 0 fully saturated rings. The van der Waals surface area contributed by atoms with Crippen molar-refractivity contribution in [2.45, 2.75) is 33.2 Å². The predicted octanol–water partition coefficient (Wildman–Crippen LogP) is 4.00. The lowest BCUT2D eigenvalue weighted by Gasteiger charge is -2.39. The highest BCUT2D eigenvalue weighted by atomic mass is 16.5. The molecule has 2 unspecified atom stereocenters. The molecule has 6 nitrogen and oxygen atoms in total. The lowest BCUT2D eigenvalue weighted by molar-refractivity contribution is -0.154. The fraction of sp³-hybridized carbons (Fsp3) is 0.375. The Morgan fingerprint density at radius 3 is 2.50 bits per heavy atom. The second-order valence-electron chi connectivity index (χ2n) is 7.96. The molecule has 1 amide bonds. The molecule has 30 heavy (non-hydrogen) atoms. The monoisotopic (exact) mass is 405 g/mol. The number of hydrogen-bond donors (Lipinski definition) is 0. The van der Waals surface area contributed by atoms with E-state index in [1.807, 2.05) is 68.4 Å². The molecule has 2 aromatic carbocycles. The zero-order valence-electron chi connectivity index (χ0n) is 17.6. The second-order valence-corrected chi connectivity index (χ2v) is 7.96. The molecule has 2 heterocycles. The SMILES string of the molecule is CCOC(=O)C1C(=O)N(CCc2ccccc2)c2nc3ccccc3n2C1C(C)C. The lowest BCUT2D eigenvalue weighted by Crippen LogP contribution is -2.51. The van der Waals surface area contributed by atoms with Crippen LogP contribution in [0.5, 0.6) is 0 Å². The fourth-order valence-corrected chi connectivity index (χ4v) is 4.33. The Labute approximate surface area is 176 Å². The largest absolute Gasteiger partial charge is 0.465 e. The number of benzene rings is 2. The topological polar surface area (TPSA) is 64.4 Å². The number of imidazole rings is 1. The van der Waals surface area contributed by atoms with E-state index >= 15 is 0 Å². The van der Waals surface area contributed by atoms with Crippen LogP contribution in [-0.2, 0) is 20.7 Å². The van der Waals surface area contributed by atoms with Gasteiger partial charge in [-0.1, -0.05) is 56.3 Å². The van der Waals surface area contributed by atoms with E-state index in [2.05, 4.69) is 4.57 Å². The van der Waals surface area contributed by atoms with Crippen LogP contribution in [0.25, 0.3) is 11.0 Å². The molecule has 0 aliphatic carbocycles. The minimum absolute atomic E-state index is 0.0518. The summed E-state index contributed by atoms with van der Waals surface area (Å²) < 4.78 is 7.39. The average molecular weight is 405 g/mol. The summed E-state index contributed by atoms with van der Waals surface area (Å²) in [6, 6.07) is 17.5. The van der Waals surface area contributed by atoms with E-state index in [9.17, 15) is 9.59 Å². The van der Waals surface area contributed by atoms with Crippen molar-refractivity contribution in [3.05, 3.63) is 60.2 Å². The summed E-state index contributed by atoms with van der Waals surface area (Å²) >= 11 is 0. The van der Waals surface area contributed by atoms with Crippen molar-refractivity contribution in [1.29, 1.82) is 0 Å². The van der Waals surface area contributed by atoms with Crippen molar-refractivity contribution in [2.24, 2.45) is 11.8 Å². The first-order valence-electron chi connectivity index (χ1n) is 10.5. The van der Waals surface area contributed by atoms with Crippen molar-refractivity contribution in [2.75, 3.05) is 18.1 Å². The molecule has 0 spiro atoms. The molecule has 0 saturated carbocycles. The third-order valence-corrected chi connectivity index (χ3v) is 5.68. The Balaban J connectivity index is 1.82. The number of anilines is 1. The minimum Gasteiger partial charge on any atom is -0.465 e. The van der Waals surface area contributed by atoms with Crippen LogP contribution in [0, 0.1) is 11.8 Å². The van der Waals surface area contributed by atoms with Crippen molar-refractivity contribution in [3.63, 3.8) is 0 Å². The summed E-state index contributed by atoms with van der Waals surface area (Å²) in [5.41, 5.74) is 2.88. The van der Waals surface area contributed by atoms with Gasteiger partial charge < -0.3 is 9.30 Å². The van der Waals surface area contributed by atoms with Gasteiger partial charge in [-0.15, -0.1) is 0 Å². The second kappa shape index (κ2) is 8.30. The number of aromatic nitrogens is 2. The fourth-order valence-electron chi connectivity index (χ4n) is 4.33. The first-order valence-corrected chi connectivity index (χ1v) is 10.5. The summed E-state index contributed by atoms with van der Waals surface area (Å²) in [6.07, 6.45) is 0.678.